The maximum Gasteiger partial charge on any atom is 0.337 e. The van der Waals surface area contributed by atoms with Gasteiger partial charge in [0.1, 0.15) is 17.6 Å². The fourth-order valence-corrected chi connectivity index (χ4v) is 6.02. The number of aromatic nitrogens is 4. The van der Waals surface area contributed by atoms with Crippen molar-refractivity contribution in [2.75, 3.05) is 18.1 Å². The average molecular weight is 609 g/mol. The number of esters is 1. The Labute approximate surface area is 250 Å². The van der Waals surface area contributed by atoms with Gasteiger partial charge in [-0.15, -0.1) is 5.10 Å². The van der Waals surface area contributed by atoms with Crippen LogP contribution < -0.4 is 4.90 Å². The maximum absolute atomic E-state index is 15.2. The molecule has 11 nitrogen and oxygen atoms in total. The van der Waals surface area contributed by atoms with Gasteiger partial charge >= 0.3 is 5.97 Å². The first-order chi connectivity index (χ1) is 20.4. The summed E-state index contributed by atoms with van der Waals surface area (Å²) in [4.78, 5) is 36.5. The number of carbonyl (C=O) groups excluding carboxylic acids is 2. The fourth-order valence-electron chi connectivity index (χ4n) is 4.74. The number of carbonyl (C=O) groups is 2. The second-order valence-electron chi connectivity index (χ2n) is 9.93. The molecule has 13 heteroatoms. The number of hydrogen-bond acceptors (Lipinski definition) is 8. The van der Waals surface area contributed by atoms with Gasteiger partial charge in [-0.2, -0.15) is 0 Å². The van der Waals surface area contributed by atoms with Crippen molar-refractivity contribution in [3.8, 4) is 11.1 Å². The summed E-state index contributed by atoms with van der Waals surface area (Å²) in [6, 6.07) is 8.41. The van der Waals surface area contributed by atoms with Gasteiger partial charge in [-0.05, 0) is 46.2 Å². The second-order valence-corrected chi connectivity index (χ2v) is 11.5. The Bertz CT molecular complexity index is 1510. The first kappa shape index (κ1) is 31.7. The largest absolute Gasteiger partial charge is 0.462 e. The molecule has 0 radical (unpaired) electrons. The molecule has 1 saturated heterocycles. The number of halogens is 1. The molecule has 2 aliphatic heterocycles. The highest BCUT2D eigenvalue weighted by Gasteiger charge is 2.31. The zero-order valence-electron chi connectivity index (χ0n) is 23.9. The van der Waals surface area contributed by atoms with Gasteiger partial charge in [0.15, 0.2) is 0 Å². The Kier molecular flexibility index (Phi) is 10.9. The first-order valence-corrected chi connectivity index (χ1v) is 14.9. The van der Waals surface area contributed by atoms with E-state index in [-0.39, 0.29) is 44.0 Å². The topological polar surface area (TPSA) is 143 Å². The third-order valence-corrected chi connectivity index (χ3v) is 8.27. The summed E-state index contributed by atoms with van der Waals surface area (Å²) in [6.45, 7) is 5.12. The standard InChI is InChI=1S/C30H32FN6O4P.H2O/c1-3-5-6-20(4-2)29(38)40-14-11-23-16-28(34-41-23)27-10-7-21(17-32-27)25-9-8-22(15-26(25)31)37-19-24(42-30(37)39)18-36-13-12-33-35-36;/h4-10,12-13,15,17,23-24,42H,3,11,14,16,18-19H2,1-2H3;1H2/b6-5-,20-4+;. The van der Waals surface area contributed by atoms with Crippen LogP contribution in [0.4, 0.5) is 14.9 Å². The molecule has 3 unspecified atom stereocenters. The lowest BCUT2D eigenvalue weighted by molar-refractivity contribution is -0.139. The molecule has 0 saturated carbocycles. The SMILES string of the molecule is C/C=C(\C=C/CC)C(=O)OCCC1CC(c2ccc(-c3ccc(N4CC(Cn5ccnn5)PC4=O)cc3F)cn2)=NO1.O. The van der Waals surface area contributed by atoms with Crippen molar-refractivity contribution >= 4 is 31.6 Å². The molecule has 226 valence electrons. The van der Waals surface area contributed by atoms with Gasteiger partial charge in [-0.25, -0.2) is 9.18 Å². The van der Waals surface area contributed by atoms with Crippen LogP contribution in [0.15, 0.2) is 77.9 Å². The van der Waals surface area contributed by atoms with E-state index >= 15 is 4.39 Å². The maximum atomic E-state index is 15.2. The number of benzene rings is 1. The highest BCUT2D eigenvalue weighted by atomic mass is 31.1. The molecule has 1 aromatic carbocycles. The normalized spacial score (nSPS) is 19.0. The number of pyridine rings is 1. The minimum Gasteiger partial charge on any atom is -0.462 e. The second kappa shape index (κ2) is 14.8. The smallest absolute Gasteiger partial charge is 0.337 e. The van der Waals surface area contributed by atoms with Crippen LogP contribution in [0.2, 0.25) is 0 Å². The zero-order chi connectivity index (χ0) is 29.5. The van der Waals surface area contributed by atoms with Crippen molar-refractivity contribution in [1.82, 2.24) is 20.0 Å². The molecule has 2 aliphatic rings. The highest BCUT2D eigenvalue weighted by Crippen LogP contribution is 2.37. The lowest BCUT2D eigenvalue weighted by Crippen LogP contribution is -2.26. The molecule has 4 heterocycles. The number of allylic oxidation sites excluding steroid dienone is 2. The van der Waals surface area contributed by atoms with Gasteiger partial charge in [0, 0.05) is 54.3 Å². The Morgan fingerprint density at radius 3 is 2.84 bits per heavy atom. The predicted octanol–water partition coefficient (Wildman–Crippen LogP) is 4.68. The molecule has 5 rings (SSSR count). The van der Waals surface area contributed by atoms with E-state index in [1.807, 2.05) is 13.0 Å². The molecule has 0 aliphatic carbocycles. The lowest BCUT2D eigenvalue weighted by Gasteiger charge is -2.17. The van der Waals surface area contributed by atoms with E-state index in [0.29, 0.717) is 59.7 Å². The molecule has 0 bridgehead atoms. The third kappa shape index (κ3) is 7.77. The van der Waals surface area contributed by atoms with Crippen LogP contribution in [-0.4, -0.2) is 67.7 Å². The van der Waals surface area contributed by atoms with Crippen LogP contribution in [0.5, 0.6) is 0 Å². The summed E-state index contributed by atoms with van der Waals surface area (Å²) in [6.07, 6.45) is 12.0. The van der Waals surface area contributed by atoms with E-state index in [1.54, 1.807) is 71.5 Å². The molecular weight excluding hydrogens is 574 g/mol. The molecule has 43 heavy (non-hydrogen) atoms. The number of rotatable bonds is 11. The minimum atomic E-state index is -0.430. The average Bonchev–Trinajstić information content (AvgIpc) is 3.76. The molecule has 3 atom stereocenters. The van der Waals surface area contributed by atoms with Gasteiger partial charge in [0.25, 0.3) is 0 Å². The Hall–Kier alpha value is -4.28. The van der Waals surface area contributed by atoms with Crippen molar-refractivity contribution in [2.24, 2.45) is 5.16 Å². The number of amides is 1. The van der Waals surface area contributed by atoms with E-state index in [2.05, 4.69) is 20.5 Å². The van der Waals surface area contributed by atoms with Crippen molar-refractivity contribution in [3.63, 3.8) is 0 Å². The number of anilines is 1. The Balaban J connectivity index is 0.00000423. The molecule has 1 fully saturated rings. The van der Waals surface area contributed by atoms with E-state index in [4.69, 9.17) is 9.57 Å². The summed E-state index contributed by atoms with van der Waals surface area (Å²) in [7, 11) is 0.0978. The number of ether oxygens (including phenoxy) is 1. The van der Waals surface area contributed by atoms with Crippen molar-refractivity contribution < 1.29 is 29.0 Å². The molecular formula is C30H34FN6O5P. The van der Waals surface area contributed by atoms with E-state index in [9.17, 15) is 9.59 Å². The summed E-state index contributed by atoms with van der Waals surface area (Å²) >= 11 is 0. The van der Waals surface area contributed by atoms with E-state index < -0.39 is 5.82 Å². The van der Waals surface area contributed by atoms with Gasteiger partial charge in [-0.3, -0.25) is 14.5 Å². The lowest BCUT2D eigenvalue weighted by atomic mass is 10.0. The Morgan fingerprint density at radius 1 is 1.28 bits per heavy atom. The summed E-state index contributed by atoms with van der Waals surface area (Å²) in [5.41, 5.74) is 3.48. The molecule has 1 amide bonds. The van der Waals surface area contributed by atoms with Gasteiger partial charge in [0.05, 0.1) is 30.6 Å². The molecule has 3 aromatic rings. The first-order valence-electron chi connectivity index (χ1n) is 13.9. The predicted molar refractivity (Wildman–Crippen MR) is 163 cm³/mol. The number of nitrogens with zero attached hydrogens (tertiary/aromatic N) is 6. The van der Waals surface area contributed by atoms with Crippen molar-refractivity contribution in [2.45, 2.75) is 51.4 Å². The summed E-state index contributed by atoms with van der Waals surface area (Å²) < 4.78 is 22.3. The fraction of sp³-hybridized carbons (Fsp3) is 0.333. The third-order valence-electron chi connectivity index (χ3n) is 6.98. The van der Waals surface area contributed by atoms with E-state index in [1.165, 1.54) is 6.07 Å². The van der Waals surface area contributed by atoms with Gasteiger partial charge in [0.2, 0.25) is 5.65 Å². The van der Waals surface area contributed by atoms with Gasteiger partial charge in [-0.1, -0.05) is 41.6 Å². The highest BCUT2D eigenvalue weighted by molar-refractivity contribution is 7.59. The van der Waals surface area contributed by atoms with Crippen LogP contribution in [0, 0.1) is 5.82 Å². The molecule has 2 aromatic heterocycles. The van der Waals surface area contributed by atoms with Crippen LogP contribution in [0.3, 0.4) is 0 Å². The monoisotopic (exact) mass is 608 g/mol. The summed E-state index contributed by atoms with van der Waals surface area (Å²) in [5.74, 6) is -0.793. The van der Waals surface area contributed by atoms with Crippen molar-refractivity contribution in [3.05, 3.63) is 84.2 Å². The van der Waals surface area contributed by atoms with Crippen LogP contribution >= 0.6 is 8.58 Å². The molecule has 2 N–H and O–H groups in total. The molecule has 0 spiro atoms. The summed E-state index contributed by atoms with van der Waals surface area (Å²) in [5, 5.41) is 11.9. The Morgan fingerprint density at radius 2 is 2.14 bits per heavy atom. The van der Waals surface area contributed by atoms with Gasteiger partial charge < -0.3 is 20.0 Å². The van der Waals surface area contributed by atoms with Crippen LogP contribution in [-0.2, 0) is 20.9 Å². The number of oxime groups is 1. The van der Waals surface area contributed by atoms with Crippen LogP contribution in [0.25, 0.3) is 11.1 Å². The number of hydrogen-bond donors (Lipinski definition) is 0. The zero-order valence-corrected chi connectivity index (χ0v) is 24.9. The minimum absolute atomic E-state index is 0. The van der Waals surface area contributed by atoms with Crippen molar-refractivity contribution in [1.29, 1.82) is 0 Å². The quantitative estimate of drug-likeness (QED) is 0.133. The van der Waals surface area contributed by atoms with E-state index in [0.717, 1.165) is 6.42 Å². The van der Waals surface area contributed by atoms with Crippen LogP contribution in [0.1, 0.15) is 38.8 Å².